The molecule has 11 heavy (non-hydrogen) atoms. The minimum atomic E-state index is -0.0944. The number of halogens is 4. The monoisotopic (exact) mass is 318 g/mol. The third-order valence-corrected chi connectivity index (χ3v) is 2.60. The predicted octanol–water partition coefficient (Wildman–Crippen LogP) is 3.57. The maximum Gasteiger partial charge on any atom is 0.151 e. The second kappa shape index (κ2) is 4.03. The lowest BCUT2D eigenvalue weighted by Gasteiger charge is -2.02. The molecule has 60 valence electrons. The Bertz CT molecular complexity index is 267. The fourth-order valence-electron chi connectivity index (χ4n) is 0.513. The Labute approximate surface area is 90.6 Å². The lowest BCUT2D eigenvalue weighted by Crippen LogP contribution is -1.91. The molecule has 0 aliphatic rings. The number of rotatable bonds is 1. The molecule has 0 radical (unpaired) electrons. The van der Waals surface area contributed by atoms with Crippen LogP contribution < -0.4 is 0 Å². The highest BCUT2D eigenvalue weighted by atomic mass is 79.9. The van der Waals surface area contributed by atoms with E-state index in [9.17, 15) is 0 Å². The first-order valence-corrected chi connectivity index (χ1v) is 5.15. The van der Waals surface area contributed by atoms with Crippen LogP contribution in [-0.4, -0.2) is 9.97 Å². The Balaban J connectivity index is 3.17. The van der Waals surface area contributed by atoms with Crippen molar-refractivity contribution in [2.45, 2.75) is 3.74 Å². The molecule has 1 aromatic rings. The average molecular weight is 321 g/mol. The lowest BCUT2D eigenvalue weighted by atomic mass is 10.5. The van der Waals surface area contributed by atoms with E-state index in [4.69, 9.17) is 23.2 Å². The van der Waals surface area contributed by atoms with Crippen molar-refractivity contribution in [1.29, 1.82) is 0 Å². The fraction of sp³-hybridized carbons (Fsp3) is 0.200. The number of hydrogen-bond acceptors (Lipinski definition) is 2. The van der Waals surface area contributed by atoms with E-state index in [1.807, 2.05) is 0 Å². The van der Waals surface area contributed by atoms with Gasteiger partial charge in [-0.1, -0.05) is 55.1 Å². The standard InChI is InChI=1S/C5H2Br2Cl2N2/c6-4(7)3-2(8)5(9)11-1-10-3/h1,4H. The van der Waals surface area contributed by atoms with Gasteiger partial charge in [-0.3, -0.25) is 0 Å². The summed E-state index contributed by atoms with van der Waals surface area (Å²) in [7, 11) is 0. The Morgan fingerprint density at radius 3 is 2.36 bits per heavy atom. The molecule has 1 heterocycles. The summed E-state index contributed by atoms with van der Waals surface area (Å²) in [6, 6.07) is 0. The van der Waals surface area contributed by atoms with E-state index >= 15 is 0 Å². The van der Waals surface area contributed by atoms with Crippen molar-refractivity contribution < 1.29 is 0 Å². The molecular formula is C5H2Br2Cl2N2. The van der Waals surface area contributed by atoms with Crippen LogP contribution in [0.5, 0.6) is 0 Å². The van der Waals surface area contributed by atoms with Gasteiger partial charge < -0.3 is 0 Å². The van der Waals surface area contributed by atoms with E-state index in [0.717, 1.165) is 0 Å². The van der Waals surface area contributed by atoms with Gasteiger partial charge in [-0.2, -0.15) is 0 Å². The molecule has 0 aliphatic carbocycles. The summed E-state index contributed by atoms with van der Waals surface area (Å²) in [6.07, 6.45) is 1.36. The van der Waals surface area contributed by atoms with E-state index in [1.54, 1.807) is 0 Å². The number of nitrogens with zero attached hydrogens (tertiary/aromatic N) is 2. The number of alkyl halides is 2. The Morgan fingerprint density at radius 1 is 1.27 bits per heavy atom. The molecule has 0 saturated heterocycles. The minimum absolute atomic E-state index is 0.0944. The quantitative estimate of drug-likeness (QED) is 0.584. The topological polar surface area (TPSA) is 25.8 Å². The number of hydrogen-bond donors (Lipinski definition) is 0. The van der Waals surface area contributed by atoms with Crippen molar-refractivity contribution in [2.24, 2.45) is 0 Å². The average Bonchev–Trinajstić information content (AvgIpc) is 1.94. The smallest absolute Gasteiger partial charge is 0.151 e. The maximum absolute atomic E-state index is 5.77. The summed E-state index contributed by atoms with van der Waals surface area (Å²) < 4.78 is -0.0944. The molecule has 0 atom stereocenters. The molecule has 0 unspecified atom stereocenters. The largest absolute Gasteiger partial charge is 0.238 e. The van der Waals surface area contributed by atoms with Crippen LogP contribution in [0.2, 0.25) is 10.2 Å². The van der Waals surface area contributed by atoms with Crippen LogP contribution in [0.4, 0.5) is 0 Å². The highest BCUT2D eigenvalue weighted by Crippen LogP contribution is 2.34. The highest BCUT2D eigenvalue weighted by molar-refractivity contribution is 9.24. The first-order chi connectivity index (χ1) is 5.13. The summed E-state index contributed by atoms with van der Waals surface area (Å²) in [4.78, 5) is 7.62. The van der Waals surface area contributed by atoms with Gasteiger partial charge in [0, 0.05) is 0 Å². The zero-order valence-corrected chi connectivity index (χ0v) is 9.74. The predicted molar refractivity (Wildman–Crippen MR) is 52.6 cm³/mol. The van der Waals surface area contributed by atoms with Crippen molar-refractivity contribution in [3.63, 3.8) is 0 Å². The van der Waals surface area contributed by atoms with E-state index in [1.165, 1.54) is 6.33 Å². The Hall–Kier alpha value is 0.620. The molecular weight excluding hydrogens is 319 g/mol. The van der Waals surface area contributed by atoms with Gasteiger partial charge >= 0.3 is 0 Å². The molecule has 0 saturated carbocycles. The van der Waals surface area contributed by atoms with E-state index < -0.39 is 0 Å². The van der Waals surface area contributed by atoms with Gasteiger partial charge in [0.25, 0.3) is 0 Å². The summed E-state index contributed by atoms with van der Waals surface area (Å²) in [5.74, 6) is 0. The van der Waals surface area contributed by atoms with Gasteiger partial charge in [0.15, 0.2) is 5.15 Å². The molecule has 1 rings (SSSR count). The van der Waals surface area contributed by atoms with Gasteiger partial charge in [0.05, 0.1) is 5.69 Å². The summed E-state index contributed by atoms with van der Waals surface area (Å²) in [5, 5.41) is 0.633. The van der Waals surface area contributed by atoms with Crippen molar-refractivity contribution in [3.05, 3.63) is 22.2 Å². The van der Waals surface area contributed by atoms with Crippen molar-refractivity contribution in [2.75, 3.05) is 0 Å². The zero-order chi connectivity index (χ0) is 8.43. The van der Waals surface area contributed by atoms with Crippen LogP contribution >= 0.6 is 55.1 Å². The summed E-state index contributed by atoms with van der Waals surface area (Å²) in [6.45, 7) is 0. The van der Waals surface area contributed by atoms with Crippen LogP contribution in [0, 0.1) is 0 Å². The third-order valence-electron chi connectivity index (χ3n) is 0.981. The maximum atomic E-state index is 5.77. The van der Waals surface area contributed by atoms with Crippen molar-refractivity contribution in [1.82, 2.24) is 9.97 Å². The summed E-state index contributed by atoms with van der Waals surface area (Å²) >= 11 is 17.9. The first kappa shape index (κ1) is 9.71. The van der Waals surface area contributed by atoms with Gasteiger partial charge in [0.1, 0.15) is 15.1 Å². The Morgan fingerprint density at radius 2 is 1.91 bits per heavy atom. The molecule has 0 aromatic carbocycles. The Kier molecular flexibility index (Phi) is 3.55. The fourth-order valence-corrected chi connectivity index (χ4v) is 1.82. The lowest BCUT2D eigenvalue weighted by molar-refractivity contribution is 1.09. The molecule has 0 spiro atoms. The van der Waals surface area contributed by atoms with Crippen LogP contribution in [0.25, 0.3) is 0 Å². The second-order valence-electron chi connectivity index (χ2n) is 1.66. The molecule has 0 fully saturated rings. The first-order valence-electron chi connectivity index (χ1n) is 2.57. The van der Waals surface area contributed by atoms with Gasteiger partial charge in [-0.25, -0.2) is 9.97 Å². The van der Waals surface area contributed by atoms with E-state index in [-0.39, 0.29) is 8.89 Å². The van der Waals surface area contributed by atoms with Crippen LogP contribution in [0.1, 0.15) is 9.43 Å². The summed E-state index contributed by atoms with van der Waals surface area (Å²) in [5.41, 5.74) is 0.631. The molecule has 0 amide bonds. The molecule has 0 aliphatic heterocycles. The second-order valence-corrected chi connectivity index (χ2v) is 5.46. The minimum Gasteiger partial charge on any atom is -0.238 e. The SMILES string of the molecule is Clc1ncnc(C(Br)Br)c1Cl. The van der Waals surface area contributed by atoms with Crippen LogP contribution in [0.3, 0.4) is 0 Å². The van der Waals surface area contributed by atoms with Crippen molar-refractivity contribution in [3.8, 4) is 0 Å². The third kappa shape index (κ3) is 2.28. The molecule has 1 aromatic heterocycles. The van der Waals surface area contributed by atoms with E-state index in [2.05, 4.69) is 41.8 Å². The van der Waals surface area contributed by atoms with Gasteiger partial charge in [-0.15, -0.1) is 0 Å². The molecule has 2 nitrogen and oxygen atoms in total. The van der Waals surface area contributed by atoms with Crippen LogP contribution in [-0.2, 0) is 0 Å². The zero-order valence-electron chi connectivity index (χ0n) is 5.06. The molecule has 0 bridgehead atoms. The number of aromatic nitrogens is 2. The van der Waals surface area contributed by atoms with Crippen molar-refractivity contribution >= 4 is 55.1 Å². The highest BCUT2D eigenvalue weighted by Gasteiger charge is 2.12. The van der Waals surface area contributed by atoms with E-state index in [0.29, 0.717) is 10.7 Å². The van der Waals surface area contributed by atoms with Gasteiger partial charge in [-0.05, 0) is 0 Å². The van der Waals surface area contributed by atoms with Crippen LogP contribution in [0.15, 0.2) is 6.33 Å². The molecule has 0 N–H and O–H groups in total. The normalized spacial score (nSPS) is 10.6. The molecule has 6 heteroatoms. The van der Waals surface area contributed by atoms with Gasteiger partial charge in [0.2, 0.25) is 0 Å².